The lowest BCUT2D eigenvalue weighted by Gasteiger charge is -2.53. The third kappa shape index (κ3) is 8.73. The standard InChI is InChI=1S/C40H68N2O5/c1-16-17-19-40(33(44)46-28-18-20-41(14)37(8,9)24-28,34(45)47-29-25-38(10,11)42(15)39(12,13)26-29)23-27-21-30(35(2,3)4)32(43)31(22-27)36(5,6)7/h21-22,28-29,43H,16-20,23-26H2,1-15H3. The molecule has 1 aromatic carbocycles. The molecule has 0 saturated carbocycles. The summed E-state index contributed by atoms with van der Waals surface area (Å²) in [5, 5.41) is 11.5. The summed E-state index contributed by atoms with van der Waals surface area (Å²) in [5.74, 6) is -0.676. The van der Waals surface area contributed by atoms with Crippen molar-refractivity contribution in [3.63, 3.8) is 0 Å². The molecular formula is C40H68N2O5. The Morgan fingerprint density at radius 3 is 1.68 bits per heavy atom. The first-order valence-corrected chi connectivity index (χ1v) is 18.0. The lowest BCUT2D eigenvalue weighted by Crippen LogP contribution is -2.61. The predicted octanol–water partition coefficient (Wildman–Crippen LogP) is 8.32. The number of phenols is 1. The number of hydrogen-bond donors (Lipinski definition) is 1. The van der Waals surface area contributed by atoms with Gasteiger partial charge in [0, 0.05) is 42.4 Å². The Labute approximate surface area is 287 Å². The Kier molecular flexibility index (Phi) is 11.4. The van der Waals surface area contributed by atoms with Gasteiger partial charge in [0.2, 0.25) is 0 Å². The van der Waals surface area contributed by atoms with Gasteiger partial charge in [-0.15, -0.1) is 0 Å². The number of rotatable bonds is 9. The molecule has 2 unspecified atom stereocenters. The Morgan fingerprint density at radius 1 is 0.809 bits per heavy atom. The molecule has 1 N–H and O–H groups in total. The fourth-order valence-corrected chi connectivity index (χ4v) is 7.73. The maximum atomic E-state index is 14.8. The Morgan fingerprint density at radius 2 is 1.26 bits per heavy atom. The number of piperidine rings is 2. The molecule has 268 valence electrons. The first-order valence-electron chi connectivity index (χ1n) is 18.0. The molecule has 0 aliphatic carbocycles. The number of nitrogens with zero attached hydrogens (tertiary/aromatic N) is 2. The van der Waals surface area contributed by atoms with E-state index in [9.17, 15) is 14.7 Å². The minimum absolute atomic E-state index is 0.124. The molecule has 0 aromatic heterocycles. The van der Waals surface area contributed by atoms with Gasteiger partial charge in [0.25, 0.3) is 0 Å². The van der Waals surface area contributed by atoms with E-state index >= 15 is 0 Å². The molecule has 0 radical (unpaired) electrons. The van der Waals surface area contributed by atoms with Crippen LogP contribution in [-0.2, 0) is 36.3 Å². The normalized spacial score (nSPS) is 23.6. The average Bonchev–Trinajstić information content (AvgIpc) is 2.90. The summed E-state index contributed by atoms with van der Waals surface area (Å²) < 4.78 is 12.9. The highest BCUT2D eigenvalue weighted by Gasteiger charge is 2.52. The first-order chi connectivity index (χ1) is 21.3. The highest BCUT2D eigenvalue weighted by molar-refractivity contribution is 6.00. The lowest BCUT2D eigenvalue weighted by atomic mass is 9.73. The number of esters is 2. The van der Waals surface area contributed by atoms with Gasteiger partial charge in [-0.1, -0.05) is 73.4 Å². The second kappa shape index (κ2) is 13.7. The minimum Gasteiger partial charge on any atom is -0.507 e. The van der Waals surface area contributed by atoms with E-state index in [1.165, 1.54) is 0 Å². The van der Waals surface area contributed by atoms with Gasteiger partial charge < -0.3 is 19.5 Å². The summed E-state index contributed by atoms with van der Waals surface area (Å²) in [6.45, 7) is 28.5. The van der Waals surface area contributed by atoms with Crippen LogP contribution in [0.25, 0.3) is 0 Å². The zero-order valence-corrected chi connectivity index (χ0v) is 32.6. The van der Waals surface area contributed by atoms with E-state index in [4.69, 9.17) is 9.47 Å². The van der Waals surface area contributed by atoms with Crippen molar-refractivity contribution < 1.29 is 24.2 Å². The SMILES string of the molecule is CCCCC(Cc1cc(C(C)(C)C)c(O)c(C(C)(C)C)c1)(C(=O)OC1CCN(C)C(C)(C)C1)C(=O)OC1CC(C)(C)N(C)C(C)(C)C1. The Hall–Kier alpha value is -2.12. The molecule has 7 heteroatoms. The third-order valence-corrected chi connectivity index (χ3v) is 11.4. The molecule has 0 bridgehead atoms. The van der Waals surface area contributed by atoms with Gasteiger partial charge in [0.1, 0.15) is 18.0 Å². The molecule has 2 aliphatic rings. The van der Waals surface area contributed by atoms with E-state index in [-0.39, 0.29) is 51.8 Å². The summed E-state index contributed by atoms with van der Waals surface area (Å²) in [7, 11) is 4.24. The van der Waals surface area contributed by atoms with Crippen LogP contribution in [0.5, 0.6) is 5.75 Å². The second-order valence-electron chi connectivity index (χ2n) is 18.8. The third-order valence-electron chi connectivity index (χ3n) is 11.4. The maximum Gasteiger partial charge on any atom is 0.324 e. The number of unbranched alkanes of at least 4 members (excludes halogenated alkanes) is 1. The van der Waals surface area contributed by atoms with Crippen LogP contribution < -0.4 is 0 Å². The number of carbonyl (C=O) groups excluding carboxylic acids is 2. The van der Waals surface area contributed by atoms with Gasteiger partial charge in [0.15, 0.2) is 5.41 Å². The van der Waals surface area contributed by atoms with E-state index < -0.39 is 17.4 Å². The monoisotopic (exact) mass is 657 g/mol. The number of aromatic hydroxyl groups is 1. The van der Waals surface area contributed by atoms with Crippen molar-refractivity contribution in [2.45, 2.75) is 181 Å². The summed E-state index contributed by atoms with van der Waals surface area (Å²) in [5.41, 5.74) is -0.238. The average molecular weight is 657 g/mol. The molecule has 47 heavy (non-hydrogen) atoms. The number of phenolic OH excluding ortho intramolecular Hbond substituents is 1. The van der Waals surface area contributed by atoms with Crippen LogP contribution in [0.2, 0.25) is 0 Å². The summed E-state index contributed by atoms with van der Waals surface area (Å²) in [4.78, 5) is 34.3. The largest absolute Gasteiger partial charge is 0.507 e. The van der Waals surface area contributed by atoms with Crippen molar-refractivity contribution in [2.75, 3.05) is 20.6 Å². The van der Waals surface area contributed by atoms with E-state index in [1.807, 2.05) is 12.1 Å². The van der Waals surface area contributed by atoms with Crippen molar-refractivity contribution in [3.8, 4) is 5.75 Å². The van der Waals surface area contributed by atoms with Gasteiger partial charge >= 0.3 is 11.9 Å². The van der Waals surface area contributed by atoms with E-state index in [0.717, 1.165) is 36.1 Å². The molecule has 2 heterocycles. The minimum atomic E-state index is -1.51. The zero-order chi connectivity index (χ0) is 36.0. The summed E-state index contributed by atoms with van der Waals surface area (Å²) in [6, 6.07) is 3.98. The van der Waals surface area contributed by atoms with Crippen LogP contribution in [-0.4, -0.2) is 76.3 Å². The van der Waals surface area contributed by atoms with Gasteiger partial charge in [-0.2, -0.15) is 0 Å². The molecule has 2 saturated heterocycles. The van der Waals surface area contributed by atoms with E-state index in [2.05, 4.69) is 114 Å². The number of benzene rings is 1. The van der Waals surface area contributed by atoms with Crippen LogP contribution >= 0.6 is 0 Å². The van der Waals surface area contributed by atoms with Crippen LogP contribution in [0, 0.1) is 5.41 Å². The van der Waals surface area contributed by atoms with Gasteiger partial charge in [-0.25, -0.2) is 0 Å². The highest BCUT2D eigenvalue weighted by atomic mass is 16.6. The predicted molar refractivity (Wildman–Crippen MR) is 192 cm³/mol. The van der Waals surface area contributed by atoms with Gasteiger partial charge in [-0.05, 0) is 102 Å². The number of carbonyl (C=O) groups is 2. The quantitative estimate of drug-likeness (QED) is 0.212. The van der Waals surface area contributed by atoms with Crippen LogP contribution in [0.15, 0.2) is 12.1 Å². The van der Waals surface area contributed by atoms with Crippen molar-refractivity contribution in [1.82, 2.24) is 9.80 Å². The molecule has 0 amide bonds. The lowest BCUT2D eigenvalue weighted by molar-refractivity contribution is -0.186. The van der Waals surface area contributed by atoms with Crippen molar-refractivity contribution in [2.24, 2.45) is 5.41 Å². The smallest absolute Gasteiger partial charge is 0.324 e. The number of likely N-dealkylation sites (tertiary alicyclic amines) is 2. The molecule has 2 aliphatic heterocycles. The highest BCUT2D eigenvalue weighted by Crippen LogP contribution is 2.44. The van der Waals surface area contributed by atoms with Crippen LogP contribution in [0.1, 0.15) is 152 Å². The fraction of sp³-hybridized carbons (Fsp3) is 0.800. The van der Waals surface area contributed by atoms with Crippen LogP contribution in [0.3, 0.4) is 0 Å². The molecule has 2 fully saturated rings. The number of hydrogen-bond acceptors (Lipinski definition) is 7. The topological polar surface area (TPSA) is 79.3 Å². The molecule has 1 aromatic rings. The fourth-order valence-electron chi connectivity index (χ4n) is 7.73. The maximum absolute atomic E-state index is 14.8. The second-order valence-corrected chi connectivity index (χ2v) is 18.8. The van der Waals surface area contributed by atoms with Crippen molar-refractivity contribution in [3.05, 3.63) is 28.8 Å². The van der Waals surface area contributed by atoms with Gasteiger partial charge in [0.05, 0.1) is 0 Å². The molecule has 7 nitrogen and oxygen atoms in total. The summed E-state index contributed by atoms with van der Waals surface area (Å²) in [6.07, 6.45) is 4.20. The molecule has 2 atom stereocenters. The zero-order valence-electron chi connectivity index (χ0n) is 32.6. The van der Waals surface area contributed by atoms with Crippen molar-refractivity contribution >= 4 is 11.9 Å². The van der Waals surface area contributed by atoms with Crippen molar-refractivity contribution in [1.29, 1.82) is 0 Å². The molecule has 3 rings (SSSR count). The number of ether oxygens (including phenoxy) is 2. The van der Waals surface area contributed by atoms with Crippen LogP contribution in [0.4, 0.5) is 0 Å². The summed E-state index contributed by atoms with van der Waals surface area (Å²) >= 11 is 0. The molecule has 0 spiro atoms. The van der Waals surface area contributed by atoms with E-state index in [1.54, 1.807) is 0 Å². The molecular weight excluding hydrogens is 588 g/mol. The Bertz CT molecular complexity index is 1230. The van der Waals surface area contributed by atoms with Gasteiger partial charge in [-0.3, -0.25) is 14.5 Å². The Balaban J connectivity index is 2.16. The first kappa shape index (κ1) is 39.3. The van der Waals surface area contributed by atoms with E-state index in [0.29, 0.717) is 32.1 Å².